The minimum Gasteiger partial charge on any atom is -0.333 e. The molecule has 0 bridgehead atoms. The molecule has 1 N–H and O–H groups in total. The number of hydrogen-bond acceptors (Lipinski definition) is 2. The normalized spacial score (nSPS) is 30.3. The summed E-state index contributed by atoms with van der Waals surface area (Å²) in [6.45, 7) is 5.91. The highest BCUT2D eigenvalue weighted by atomic mass is 15.1. The summed E-state index contributed by atoms with van der Waals surface area (Å²) < 4.78 is 2.43. The van der Waals surface area contributed by atoms with E-state index >= 15 is 0 Å². The molecular weight excluding hydrogens is 246 g/mol. The number of rotatable bonds is 3. The van der Waals surface area contributed by atoms with Crippen molar-refractivity contribution in [3.05, 3.63) is 18.2 Å². The van der Waals surface area contributed by atoms with Crippen molar-refractivity contribution in [2.45, 2.75) is 83.8 Å². The van der Waals surface area contributed by atoms with Crippen LogP contribution < -0.4 is 5.32 Å². The topological polar surface area (TPSA) is 29.9 Å². The van der Waals surface area contributed by atoms with Gasteiger partial charge in [0.15, 0.2) is 0 Å². The molecule has 2 aliphatic rings. The van der Waals surface area contributed by atoms with Gasteiger partial charge in [0.1, 0.15) is 0 Å². The van der Waals surface area contributed by atoms with Crippen molar-refractivity contribution in [1.82, 2.24) is 14.9 Å². The summed E-state index contributed by atoms with van der Waals surface area (Å²) in [4.78, 5) is 4.44. The molecule has 20 heavy (non-hydrogen) atoms. The van der Waals surface area contributed by atoms with Crippen LogP contribution in [0, 0.1) is 5.41 Å². The lowest BCUT2D eigenvalue weighted by molar-refractivity contribution is 0.178. The first-order valence-corrected chi connectivity index (χ1v) is 8.42. The maximum atomic E-state index is 4.44. The van der Waals surface area contributed by atoms with E-state index in [-0.39, 0.29) is 0 Å². The molecule has 1 aromatic heterocycles. The lowest BCUT2D eigenvalue weighted by Gasteiger charge is -2.36. The Morgan fingerprint density at radius 1 is 1.25 bits per heavy atom. The van der Waals surface area contributed by atoms with E-state index in [0.29, 0.717) is 17.5 Å². The number of nitrogens with zero attached hydrogens (tertiary/aromatic N) is 2. The van der Waals surface area contributed by atoms with Crippen molar-refractivity contribution >= 4 is 0 Å². The van der Waals surface area contributed by atoms with E-state index in [1.165, 1.54) is 57.1 Å². The zero-order chi connectivity index (χ0) is 14.0. The van der Waals surface area contributed by atoms with Gasteiger partial charge in [-0.15, -0.1) is 0 Å². The van der Waals surface area contributed by atoms with Crippen molar-refractivity contribution in [1.29, 1.82) is 0 Å². The van der Waals surface area contributed by atoms with Gasteiger partial charge in [-0.2, -0.15) is 0 Å². The van der Waals surface area contributed by atoms with Gasteiger partial charge >= 0.3 is 0 Å². The quantitative estimate of drug-likeness (QED) is 0.901. The van der Waals surface area contributed by atoms with Crippen molar-refractivity contribution in [3.8, 4) is 0 Å². The fraction of sp³-hybridized carbons (Fsp3) is 0.824. The second kappa shape index (κ2) is 5.88. The third-order valence-electron chi connectivity index (χ3n) is 5.33. The van der Waals surface area contributed by atoms with Gasteiger partial charge in [-0.05, 0) is 44.4 Å². The van der Waals surface area contributed by atoms with Crippen LogP contribution in [0.2, 0.25) is 0 Å². The molecule has 2 fully saturated rings. The van der Waals surface area contributed by atoms with Gasteiger partial charge in [0.05, 0.1) is 12.0 Å². The molecule has 1 aromatic rings. The van der Waals surface area contributed by atoms with Gasteiger partial charge in [0, 0.05) is 24.8 Å². The predicted molar refractivity (Wildman–Crippen MR) is 82.6 cm³/mol. The van der Waals surface area contributed by atoms with Gasteiger partial charge in [0.25, 0.3) is 0 Å². The van der Waals surface area contributed by atoms with E-state index in [1.807, 2.05) is 0 Å². The minimum absolute atomic E-state index is 0.480. The fourth-order valence-electron chi connectivity index (χ4n) is 4.10. The zero-order valence-electron chi connectivity index (χ0n) is 13.1. The van der Waals surface area contributed by atoms with Crippen molar-refractivity contribution in [2.75, 3.05) is 0 Å². The molecule has 1 aliphatic carbocycles. The summed E-state index contributed by atoms with van der Waals surface area (Å²) in [5.41, 5.74) is 1.89. The first-order chi connectivity index (χ1) is 9.66. The molecule has 0 amide bonds. The van der Waals surface area contributed by atoms with Gasteiger partial charge in [0.2, 0.25) is 0 Å². The van der Waals surface area contributed by atoms with E-state index < -0.39 is 0 Å². The summed E-state index contributed by atoms with van der Waals surface area (Å²) in [5.74, 6) is 0. The molecule has 3 heteroatoms. The highest BCUT2D eigenvalue weighted by Crippen LogP contribution is 2.38. The van der Waals surface area contributed by atoms with Crippen LogP contribution in [0.5, 0.6) is 0 Å². The molecule has 2 heterocycles. The van der Waals surface area contributed by atoms with Crippen molar-refractivity contribution < 1.29 is 0 Å². The maximum Gasteiger partial charge on any atom is 0.0948 e. The molecule has 2 atom stereocenters. The third-order valence-corrected chi connectivity index (χ3v) is 5.33. The van der Waals surface area contributed by atoms with Gasteiger partial charge < -0.3 is 9.88 Å². The Labute approximate surface area is 123 Å². The van der Waals surface area contributed by atoms with Crippen LogP contribution in [-0.4, -0.2) is 15.6 Å². The predicted octanol–water partition coefficient (Wildman–Crippen LogP) is 4.06. The van der Waals surface area contributed by atoms with Gasteiger partial charge in [-0.1, -0.05) is 26.2 Å². The number of piperidine rings is 1. The molecule has 2 unspecified atom stereocenters. The molecule has 3 nitrogen and oxygen atoms in total. The molecule has 1 saturated heterocycles. The molecule has 0 aromatic carbocycles. The summed E-state index contributed by atoms with van der Waals surface area (Å²) in [7, 11) is 0. The van der Waals surface area contributed by atoms with Crippen molar-refractivity contribution in [3.63, 3.8) is 0 Å². The van der Waals surface area contributed by atoms with E-state index in [4.69, 9.17) is 0 Å². The molecule has 1 saturated carbocycles. The van der Waals surface area contributed by atoms with Gasteiger partial charge in [-0.3, -0.25) is 0 Å². The summed E-state index contributed by atoms with van der Waals surface area (Å²) in [5, 5.41) is 3.75. The van der Waals surface area contributed by atoms with Crippen LogP contribution in [0.25, 0.3) is 0 Å². The highest BCUT2D eigenvalue weighted by molar-refractivity contribution is 5.08. The molecular formula is C17H29N3. The third kappa shape index (κ3) is 3.08. The number of aromatic nitrogens is 2. The standard InChI is InChI=1S/C17H29N3/c1-14-7-6-8-15(19-14)16-11-18-13-20(16)12-17(2)9-4-3-5-10-17/h11,13-15,19H,3-10,12H2,1-2H3. The maximum absolute atomic E-state index is 4.44. The van der Waals surface area contributed by atoms with E-state index in [1.54, 1.807) is 0 Å². The number of hydrogen-bond donors (Lipinski definition) is 1. The SMILES string of the molecule is CC1CCCC(c2cncn2CC2(C)CCCCC2)N1. The smallest absolute Gasteiger partial charge is 0.0948 e. The van der Waals surface area contributed by atoms with E-state index in [2.05, 4.69) is 41.2 Å². The van der Waals surface area contributed by atoms with Crippen LogP contribution >= 0.6 is 0 Å². The largest absolute Gasteiger partial charge is 0.333 e. The van der Waals surface area contributed by atoms with Gasteiger partial charge in [-0.25, -0.2) is 4.98 Å². The van der Waals surface area contributed by atoms with Crippen molar-refractivity contribution in [2.24, 2.45) is 5.41 Å². The second-order valence-electron chi connectivity index (χ2n) is 7.37. The molecule has 0 spiro atoms. The Morgan fingerprint density at radius 2 is 2.05 bits per heavy atom. The van der Waals surface area contributed by atoms with Crippen LogP contribution in [0.3, 0.4) is 0 Å². The Morgan fingerprint density at radius 3 is 2.80 bits per heavy atom. The zero-order valence-corrected chi connectivity index (χ0v) is 13.1. The Kier molecular flexibility index (Phi) is 4.16. The minimum atomic E-state index is 0.480. The Hall–Kier alpha value is -0.830. The fourth-order valence-corrected chi connectivity index (χ4v) is 4.10. The first kappa shape index (κ1) is 14.1. The lowest BCUT2D eigenvalue weighted by atomic mass is 9.75. The summed E-state index contributed by atoms with van der Waals surface area (Å²) in [6, 6.07) is 1.15. The van der Waals surface area contributed by atoms with E-state index in [9.17, 15) is 0 Å². The van der Waals surface area contributed by atoms with Crippen LogP contribution in [-0.2, 0) is 6.54 Å². The molecule has 3 rings (SSSR count). The second-order valence-corrected chi connectivity index (χ2v) is 7.37. The molecule has 112 valence electrons. The lowest BCUT2D eigenvalue weighted by Crippen LogP contribution is -2.36. The number of nitrogens with one attached hydrogen (secondary N) is 1. The van der Waals surface area contributed by atoms with Crippen LogP contribution in [0.15, 0.2) is 12.5 Å². The van der Waals surface area contributed by atoms with Crippen LogP contribution in [0.4, 0.5) is 0 Å². The highest BCUT2D eigenvalue weighted by Gasteiger charge is 2.29. The monoisotopic (exact) mass is 275 g/mol. The van der Waals surface area contributed by atoms with E-state index in [0.717, 1.165) is 6.54 Å². The average molecular weight is 275 g/mol. The molecule has 1 aliphatic heterocycles. The first-order valence-electron chi connectivity index (χ1n) is 8.42. The summed E-state index contributed by atoms with van der Waals surface area (Å²) >= 11 is 0. The Bertz CT molecular complexity index is 431. The Balaban J connectivity index is 1.72. The average Bonchev–Trinajstić information content (AvgIpc) is 2.87. The van der Waals surface area contributed by atoms with Crippen LogP contribution in [0.1, 0.15) is 76.9 Å². The number of imidazole rings is 1. The summed E-state index contributed by atoms with van der Waals surface area (Å²) in [6.07, 6.45) is 15.0. The molecule has 0 radical (unpaired) electrons.